The van der Waals surface area contributed by atoms with Crippen molar-refractivity contribution in [3.63, 3.8) is 0 Å². The van der Waals surface area contributed by atoms with Gasteiger partial charge < -0.3 is 10.3 Å². The molecule has 0 saturated carbocycles. The zero-order valence-electron chi connectivity index (χ0n) is 9.95. The summed E-state index contributed by atoms with van der Waals surface area (Å²) in [6.45, 7) is 4.91. The van der Waals surface area contributed by atoms with Crippen molar-refractivity contribution >= 4 is 11.3 Å². The molecule has 2 N–H and O–H groups in total. The Kier molecular flexibility index (Phi) is 3.12. The first-order chi connectivity index (χ1) is 7.63. The normalized spacial score (nSPS) is 11.0. The van der Waals surface area contributed by atoms with Gasteiger partial charge in [-0.3, -0.25) is 0 Å². The van der Waals surface area contributed by atoms with E-state index in [1.165, 1.54) is 17.0 Å². The first-order valence-corrected chi connectivity index (χ1v) is 6.29. The standard InChI is InChI=1S/C12H17N3S/c1-8-6-10(9(2)15(8)3)11-7-16-12(14-11)4-5-13/h6-7H,4-5,13H2,1-3H3. The van der Waals surface area contributed by atoms with E-state index in [0.717, 1.165) is 17.1 Å². The van der Waals surface area contributed by atoms with Gasteiger partial charge in [-0.25, -0.2) is 4.98 Å². The number of hydrogen-bond acceptors (Lipinski definition) is 3. The van der Waals surface area contributed by atoms with Gasteiger partial charge in [-0.1, -0.05) is 0 Å². The smallest absolute Gasteiger partial charge is 0.0945 e. The molecule has 0 saturated heterocycles. The van der Waals surface area contributed by atoms with Crippen LogP contribution < -0.4 is 5.73 Å². The predicted molar refractivity (Wildman–Crippen MR) is 68.8 cm³/mol. The van der Waals surface area contributed by atoms with Crippen molar-refractivity contribution < 1.29 is 0 Å². The van der Waals surface area contributed by atoms with Gasteiger partial charge in [0.1, 0.15) is 0 Å². The number of thiazole rings is 1. The van der Waals surface area contributed by atoms with Gasteiger partial charge in [-0.2, -0.15) is 0 Å². The molecule has 0 fully saturated rings. The average Bonchev–Trinajstić information content (AvgIpc) is 2.80. The Morgan fingerprint density at radius 1 is 1.44 bits per heavy atom. The number of aryl methyl sites for hydroxylation is 1. The van der Waals surface area contributed by atoms with Crippen LogP contribution in [0.5, 0.6) is 0 Å². The molecule has 0 amide bonds. The van der Waals surface area contributed by atoms with Crippen LogP contribution in [0.4, 0.5) is 0 Å². The monoisotopic (exact) mass is 235 g/mol. The molecular weight excluding hydrogens is 218 g/mol. The molecule has 0 aliphatic rings. The summed E-state index contributed by atoms with van der Waals surface area (Å²) in [6, 6.07) is 2.19. The highest BCUT2D eigenvalue weighted by Gasteiger charge is 2.11. The average molecular weight is 235 g/mol. The summed E-state index contributed by atoms with van der Waals surface area (Å²) in [7, 11) is 2.08. The molecule has 0 unspecified atom stereocenters. The topological polar surface area (TPSA) is 43.8 Å². The SMILES string of the molecule is Cc1cc(-c2csc(CCN)n2)c(C)n1C. The molecule has 2 aromatic rings. The van der Waals surface area contributed by atoms with Crippen molar-refractivity contribution in [2.24, 2.45) is 12.8 Å². The maximum absolute atomic E-state index is 5.53. The molecule has 16 heavy (non-hydrogen) atoms. The molecule has 3 nitrogen and oxygen atoms in total. The molecule has 4 heteroatoms. The molecule has 2 rings (SSSR count). The molecule has 0 bridgehead atoms. The number of nitrogens with zero attached hydrogens (tertiary/aromatic N) is 2. The third-order valence-electron chi connectivity index (χ3n) is 2.96. The third kappa shape index (κ3) is 1.90. The van der Waals surface area contributed by atoms with Crippen LogP contribution in [0.2, 0.25) is 0 Å². The fourth-order valence-electron chi connectivity index (χ4n) is 1.79. The van der Waals surface area contributed by atoms with Crippen LogP contribution in [0.25, 0.3) is 11.3 Å². The van der Waals surface area contributed by atoms with E-state index >= 15 is 0 Å². The number of nitrogens with two attached hydrogens (primary N) is 1. The Bertz CT molecular complexity index is 496. The Morgan fingerprint density at radius 3 is 2.75 bits per heavy atom. The molecule has 86 valence electrons. The lowest BCUT2D eigenvalue weighted by molar-refractivity contribution is 0.844. The predicted octanol–water partition coefficient (Wildman–Crippen LogP) is 2.27. The summed E-state index contributed by atoms with van der Waals surface area (Å²) in [5.41, 5.74) is 10.4. The van der Waals surface area contributed by atoms with Crippen LogP contribution in [0.15, 0.2) is 11.4 Å². The van der Waals surface area contributed by atoms with Crippen LogP contribution in [-0.2, 0) is 13.5 Å². The van der Waals surface area contributed by atoms with Crippen molar-refractivity contribution in [2.75, 3.05) is 6.54 Å². The first-order valence-electron chi connectivity index (χ1n) is 5.41. The van der Waals surface area contributed by atoms with E-state index < -0.39 is 0 Å². The Labute approximate surface area is 99.9 Å². The largest absolute Gasteiger partial charge is 0.351 e. The van der Waals surface area contributed by atoms with Crippen LogP contribution >= 0.6 is 11.3 Å². The lowest BCUT2D eigenvalue weighted by Gasteiger charge is -1.99. The maximum atomic E-state index is 5.53. The highest BCUT2D eigenvalue weighted by atomic mass is 32.1. The van der Waals surface area contributed by atoms with E-state index in [2.05, 4.69) is 41.9 Å². The zero-order valence-corrected chi connectivity index (χ0v) is 10.8. The van der Waals surface area contributed by atoms with Crippen LogP contribution in [-0.4, -0.2) is 16.1 Å². The van der Waals surface area contributed by atoms with Crippen molar-refractivity contribution in [3.05, 3.63) is 27.8 Å². The Morgan fingerprint density at radius 2 is 2.19 bits per heavy atom. The van der Waals surface area contributed by atoms with Crippen LogP contribution in [0.3, 0.4) is 0 Å². The van der Waals surface area contributed by atoms with Gasteiger partial charge in [0, 0.05) is 35.8 Å². The molecule has 0 radical (unpaired) electrons. The highest BCUT2D eigenvalue weighted by Crippen LogP contribution is 2.27. The van der Waals surface area contributed by atoms with E-state index in [1.807, 2.05) is 0 Å². The summed E-state index contributed by atoms with van der Waals surface area (Å²) in [5, 5.41) is 3.24. The second-order valence-electron chi connectivity index (χ2n) is 4.01. The molecular formula is C12H17N3S. The lowest BCUT2D eigenvalue weighted by Crippen LogP contribution is -2.02. The number of aromatic nitrogens is 2. The van der Waals surface area contributed by atoms with Crippen molar-refractivity contribution in [3.8, 4) is 11.3 Å². The molecule has 0 spiro atoms. The summed E-state index contributed by atoms with van der Waals surface area (Å²) in [5.74, 6) is 0. The number of rotatable bonds is 3. The molecule has 2 aromatic heterocycles. The van der Waals surface area contributed by atoms with E-state index in [0.29, 0.717) is 6.54 Å². The minimum atomic E-state index is 0.666. The van der Waals surface area contributed by atoms with Gasteiger partial charge in [-0.15, -0.1) is 11.3 Å². The van der Waals surface area contributed by atoms with Gasteiger partial charge in [0.15, 0.2) is 0 Å². The quantitative estimate of drug-likeness (QED) is 0.887. The maximum Gasteiger partial charge on any atom is 0.0945 e. The first kappa shape index (κ1) is 11.4. The highest BCUT2D eigenvalue weighted by molar-refractivity contribution is 7.09. The summed E-state index contributed by atoms with van der Waals surface area (Å²) in [6.07, 6.45) is 0.871. The van der Waals surface area contributed by atoms with Gasteiger partial charge in [-0.05, 0) is 26.5 Å². The van der Waals surface area contributed by atoms with Crippen LogP contribution in [0, 0.1) is 13.8 Å². The molecule has 0 atom stereocenters. The second kappa shape index (κ2) is 4.39. The van der Waals surface area contributed by atoms with Crippen molar-refractivity contribution in [1.29, 1.82) is 0 Å². The summed E-state index contributed by atoms with van der Waals surface area (Å²) in [4.78, 5) is 4.61. The third-order valence-corrected chi connectivity index (χ3v) is 3.87. The number of hydrogen-bond donors (Lipinski definition) is 1. The van der Waals surface area contributed by atoms with E-state index in [9.17, 15) is 0 Å². The lowest BCUT2D eigenvalue weighted by atomic mass is 10.2. The Balaban J connectivity index is 2.38. The minimum absolute atomic E-state index is 0.666. The van der Waals surface area contributed by atoms with Gasteiger partial charge >= 0.3 is 0 Å². The molecule has 0 aliphatic carbocycles. The molecule has 0 aliphatic heterocycles. The van der Waals surface area contributed by atoms with Crippen molar-refractivity contribution in [1.82, 2.24) is 9.55 Å². The van der Waals surface area contributed by atoms with Gasteiger partial charge in [0.25, 0.3) is 0 Å². The van der Waals surface area contributed by atoms with E-state index in [4.69, 9.17) is 5.73 Å². The second-order valence-corrected chi connectivity index (χ2v) is 4.95. The van der Waals surface area contributed by atoms with Crippen molar-refractivity contribution in [2.45, 2.75) is 20.3 Å². The summed E-state index contributed by atoms with van der Waals surface area (Å²) < 4.78 is 2.19. The van der Waals surface area contributed by atoms with Gasteiger partial charge in [0.05, 0.1) is 10.7 Å². The summed E-state index contributed by atoms with van der Waals surface area (Å²) >= 11 is 1.69. The van der Waals surface area contributed by atoms with E-state index in [1.54, 1.807) is 11.3 Å². The van der Waals surface area contributed by atoms with Gasteiger partial charge in [0.2, 0.25) is 0 Å². The Hall–Kier alpha value is -1.13. The fourth-order valence-corrected chi connectivity index (χ4v) is 2.60. The zero-order chi connectivity index (χ0) is 11.7. The fraction of sp³-hybridized carbons (Fsp3) is 0.417. The molecule has 2 heterocycles. The minimum Gasteiger partial charge on any atom is -0.351 e. The van der Waals surface area contributed by atoms with E-state index in [-0.39, 0.29) is 0 Å². The molecule has 0 aromatic carbocycles. The van der Waals surface area contributed by atoms with Crippen LogP contribution in [0.1, 0.15) is 16.4 Å².